The number of hydrogen-bond donors (Lipinski definition) is 1. The highest BCUT2D eigenvalue weighted by molar-refractivity contribution is 6.22. The predicted octanol–water partition coefficient (Wildman–Crippen LogP) is 1.79. The molecule has 0 saturated carbocycles. The van der Waals surface area contributed by atoms with E-state index < -0.39 is 23.2 Å². The molecule has 2 rings (SSSR count). The number of alkyl halides is 1. The van der Waals surface area contributed by atoms with E-state index in [1.54, 1.807) is 0 Å². The monoisotopic (exact) mass is 271 g/mol. The zero-order valence-electron chi connectivity index (χ0n) is 9.35. The van der Waals surface area contributed by atoms with Crippen LogP contribution in [0.2, 0.25) is 0 Å². The summed E-state index contributed by atoms with van der Waals surface area (Å²) < 4.78 is 13.1. The lowest BCUT2D eigenvalue weighted by Crippen LogP contribution is -2.35. The second kappa shape index (κ2) is 4.94. The quantitative estimate of drug-likeness (QED) is 0.853. The molecule has 1 aromatic carbocycles. The standard InChI is InChI=1S/C12H11ClFNO3/c13-8-5-10(16)15(6-8)11(12(17)18)7-2-1-3-9(14)4-7/h1-4,8,11H,5-6H2,(H,17,18). The van der Waals surface area contributed by atoms with Crippen molar-refractivity contribution in [1.29, 1.82) is 0 Å². The van der Waals surface area contributed by atoms with Crippen LogP contribution in [0.3, 0.4) is 0 Å². The van der Waals surface area contributed by atoms with Gasteiger partial charge in [-0.2, -0.15) is 0 Å². The van der Waals surface area contributed by atoms with Crippen LogP contribution in [0.25, 0.3) is 0 Å². The zero-order valence-corrected chi connectivity index (χ0v) is 10.1. The molecule has 1 aliphatic rings. The number of hydrogen-bond acceptors (Lipinski definition) is 2. The van der Waals surface area contributed by atoms with Crippen molar-refractivity contribution in [3.8, 4) is 0 Å². The SMILES string of the molecule is O=C(O)C(c1cccc(F)c1)N1CC(Cl)CC1=O. The minimum absolute atomic E-state index is 0.112. The van der Waals surface area contributed by atoms with Gasteiger partial charge < -0.3 is 10.0 Å². The molecule has 0 bridgehead atoms. The van der Waals surface area contributed by atoms with Crippen molar-refractivity contribution >= 4 is 23.5 Å². The summed E-state index contributed by atoms with van der Waals surface area (Å²) in [5.74, 6) is -2.06. The van der Waals surface area contributed by atoms with Gasteiger partial charge in [0.25, 0.3) is 0 Å². The Labute approximate surface area is 108 Å². The first kappa shape index (κ1) is 12.8. The van der Waals surface area contributed by atoms with Gasteiger partial charge >= 0.3 is 5.97 Å². The largest absolute Gasteiger partial charge is 0.479 e. The number of benzene rings is 1. The first-order valence-electron chi connectivity index (χ1n) is 5.41. The first-order chi connectivity index (χ1) is 8.49. The Hall–Kier alpha value is -1.62. The molecule has 2 atom stereocenters. The summed E-state index contributed by atoms with van der Waals surface area (Å²) in [5, 5.41) is 8.83. The minimum Gasteiger partial charge on any atom is -0.479 e. The van der Waals surface area contributed by atoms with E-state index >= 15 is 0 Å². The fourth-order valence-electron chi connectivity index (χ4n) is 2.07. The van der Waals surface area contributed by atoms with Crippen LogP contribution in [0.5, 0.6) is 0 Å². The van der Waals surface area contributed by atoms with Gasteiger partial charge in [0.1, 0.15) is 5.82 Å². The van der Waals surface area contributed by atoms with Crippen molar-refractivity contribution in [2.24, 2.45) is 0 Å². The number of likely N-dealkylation sites (tertiary alicyclic amines) is 1. The molecule has 1 aliphatic heterocycles. The Balaban J connectivity index is 2.35. The van der Waals surface area contributed by atoms with Crippen molar-refractivity contribution in [3.63, 3.8) is 0 Å². The number of carboxylic acids is 1. The van der Waals surface area contributed by atoms with E-state index in [1.165, 1.54) is 23.1 Å². The van der Waals surface area contributed by atoms with Crippen molar-refractivity contribution in [2.75, 3.05) is 6.54 Å². The van der Waals surface area contributed by atoms with Crippen molar-refractivity contribution in [2.45, 2.75) is 17.8 Å². The molecular formula is C12H11ClFNO3. The van der Waals surface area contributed by atoms with E-state index in [9.17, 15) is 19.1 Å². The summed E-state index contributed by atoms with van der Waals surface area (Å²) in [5.41, 5.74) is 0.238. The molecule has 0 radical (unpaired) electrons. The first-order valence-corrected chi connectivity index (χ1v) is 5.84. The van der Waals surface area contributed by atoms with Crippen molar-refractivity contribution in [1.82, 2.24) is 4.90 Å². The van der Waals surface area contributed by atoms with Crippen LogP contribution in [-0.4, -0.2) is 33.8 Å². The molecule has 1 saturated heterocycles. The van der Waals surface area contributed by atoms with Gasteiger partial charge in [-0.05, 0) is 17.7 Å². The summed E-state index contributed by atoms with van der Waals surface area (Å²) in [7, 11) is 0. The van der Waals surface area contributed by atoms with E-state index in [2.05, 4.69) is 0 Å². The highest BCUT2D eigenvalue weighted by Gasteiger charge is 2.37. The lowest BCUT2D eigenvalue weighted by Gasteiger charge is -2.24. The van der Waals surface area contributed by atoms with Gasteiger partial charge in [-0.1, -0.05) is 12.1 Å². The van der Waals surface area contributed by atoms with E-state index in [4.69, 9.17) is 11.6 Å². The average molecular weight is 272 g/mol. The van der Waals surface area contributed by atoms with Crippen LogP contribution < -0.4 is 0 Å². The number of carbonyl (C=O) groups is 2. The topological polar surface area (TPSA) is 57.6 Å². The van der Waals surface area contributed by atoms with Gasteiger partial charge in [0.2, 0.25) is 5.91 Å². The van der Waals surface area contributed by atoms with Gasteiger partial charge in [-0.3, -0.25) is 4.79 Å². The fourth-order valence-corrected chi connectivity index (χ4v) is 2.35. The number of nitrogens with zero attached hydrogens (tertiary/aromatic N) is 1. The third-order valence-corrected chi connectivity index (χ3v) is 3.11. The van der Waals surface area contributed by atoms with Crippen LogP contribution in [0.15, 0.2) is 24.3 Å². The van der Waals surface area contributed by atoms with Gasteiger partial charge in [0.05, 0.1) is 5.38 Å². The van der Waals surface area contributed by atoms with Crippen LogP contribution >= 0.6 is 11.6 Å². The third-order valence-electron chi connectivity index (χ3n) is 2.82. The highest BCUT2D eigenvalue weighted by Crippen LogP contribution is 2.28. The third kappa shape index (κ3) is 2.46. The zero-order chi connectivity index (χ0) is 13.3. The Morgan fingerprint density at radius 3 is 2.78 bits per heavy atom. The number of rotatable bonds is 3. The molecule has 0 spiro atoms. The molecule has 96 valence electrons. The van der Waals surface area contributed by atoms with Crippen molar-refractivity contribution in [3.05, 3.63) is 35.6 Å². The van der Waals surface area contributed by atoms with Gasteiger partial charge in [0, 0.05) is 13.0 Å². The molecule has 1 heterocycles. The normalized spacial score (nSPS) is 21.1. The molecule has 1 amide bonds. The van der Waals surface area contributed by atoms with E-state index in [-0.39, 0.29) is 24.4 Å². The van der Waals surface area contributed by atoms with Gasteiger partial charge in [-0.15, -0.1) is 11.6 Å². The van der Waals surface area contributed by atoms with Crippen LogP contribution in [0.1, 0.15) is 18.0 Å². The maximum Gasteiger partial charge on any atom is 0.331 e. The maximum atomic E-state index is 13.1. The average Bonchev–Trinajstić information content (AvgIpc) is 2.58. The summed E-state index contributed by atoms with van der Waals surface area (Å²) in [6, 6.07) is 4.05. The fraction of sp³-hybridized carbons (Fsp3) is 0.333. The Morgan fingerprint density at radius 1 is 1.56 bits per heavy atom. The summed E-state index contributed by atoms with van der Waals surface area (Å²) in [6.45, 7) is 0.161. The second-order valence-electron chi connectivity index (χ2n) is 4.14. The molecule has 6 heteroatoms. The number of amides is 1. The van der Waals surface area contributed by atoms with E-state index in [0.29, 0.717) is 0 Å². The van der Waals surface area contributed by atoms with Gasteiger partial charge in [-0.25, -0.2) is 9.18 Å². The van der Waals surface area contributed by atoms with Crippen LogP contribution in [0, 0.1) is 5.82 Å². The molecule has 2 unspecified atom stereocenters. The highest BCUT2D eigenvalue weighted by atomic mass is 35.5. The lowest BCUT2D eigenvalue weighted by atomic mass is 10.1. The molecule has 1 aromatic rings. The Morgan fingerprint density at radius 2 is 2.28 bits per heavy atom. The predicted molar refractivity (Wildman–Crippen MR) is 62.7 cm³/mol. The van der Waals surface area contributed by atoms with E-state index in [1.807, 2.05) is 0 Å². The van der Waals surface area contributed by atoms with Crippen LogP contribution in [0.4, 0.5) is 4.39 Å². The molecule has 4 nitrogen and oxygen atoms in total. The molecule has 1 fully saturated rings. The summed E-state index contributed by atoms with van der Waals surface area (Å²) in [4.78, 5) is 24.1. The maximum absolute atomic E-state index is 13.1. The molecular weight excluding hydrogens is 261 g/mol. The number of aliphatic carboxylic acids is 1. The minimum atomic E-state index is -1.19. The van der Waals surface area contributed by atoms with Crippen LogP contribution in [-0.2, 0) is 9.59 Å². The summed E-state index contributed by atoms with van der Waals surface area (Å²) >= 11 is 5.84. The van der Waals surface area contributed by atoms with E-state index in [0.717, 1.165) is 6.07 Å². The lowest BCUT2D eigenvalue weighted by molar-refractivity contribution is -0.148. The van der Waals surface area contributed by atoms with Crippen molar-refractivity contribution < 1.29 is 19.1 Å². The molecule has 0 aromatic heterocycles. The number of carboxylic acid groups (broad SMARTS) is 1. The number of carbonyl (C=O) groups excluding carboxylic acids is 1. The summed E-state index contributed by atoms with van der Waals surface area (Å²) in [6.07, 6.45) is 0.112. The second-order valence-corrected chi connectivity index (χ2v) is 4.76. The molecule has 1 N–H and O–H groups in total. The Bertz CT molecular complexity index is 494. The Kier molecular flexibility index (Phi) is 3.52. The van der Waals surface area contributed by atoms with Gasteiger partial charge in [0.15, 0.2) is 6.04 Å². The molecule has 0 aliphatic carbocycles. The number of halogens is 2. The molecule has 18 heavy (non-hydrogen) atoms. The smallest absolute Gasteiger partial charge is 0.331 e.